The van der Waals surface area contributed by atoms with E-state index < -0.39 is 0 Å². The Morgan fingerprint density at radius 3 is 2.90 bits per heavy atom. The Morgan fingerprint density at radius 1 is 1.60 bits per heavy atom. The van der Waals surface area contributed by atoms with E-state index in [2.05, 4.69) is 10.2 Å². The molecule has 0 aliphatic carbocycles. The SMILES string of the molecule is CCC(N)c1ccnnc1. The Hall–Kier alpha value is -0.960. The molecule has 0 aliphatic heterocycles. The van der Waals surface area contributed by atoms with Gasteiger partial charge < -0.3 is 5.73 Å². The Bertz CT molecular complexity index is 185. The van der Waals surface area contributed by atoms with Crippen molar-refractivity contribution in [2.24, 2.45) is 5.73 Å². The van der Waals surface area contributed by atoms with E-state index in [4.69, 9.17) is 5.73 Å². The molecule has 1 aromatic rings. The van der Waals surface area contributed by atoms with Gasteiger partial charge in [0, 0.05) is 12.2 Å². The molecule has 1 atom stereocenters. The van der Waals surface area contributed by atoms with Gasteiger partial charge in [0.2, 0.25) is 0 Å². The molecule has 0 bridgehead atoms. The van der Waals surface area contributed by atoms with E-state index in [0.29, 0.717) is 0 Å². The van der Waals surface area contributed by atoms with Crippen LogP contribution in [-0.4, -0.2) is 10.2 Å². The lowest BCUT2D eigenvalue weighted by molar-refractivity contribution is 0.691. The molecular formula is C7H11N3. The summed E-state index contributed by atoms with van der Waals surface area (Å²) in [7, 11) is 0. The molecule has 0 amide bonds. The van der Waals surface area contributed by atoms with E-state index in [1.54, 1.807) is 12.4 Å². The standard InChI is InChI=1S/C7H11N3/c1-2-7(8)6-3-4-9-10-5-6/h3-5,7H,2,8H2,1H3. The molecule has 0 aromatic carbocycles. The first-order valence-corrected chi connectivity index (χ1v) is 3.36. The molecule has 2 N–H and O–H groups in total. The smallest absolute Gasteiger partial charge is 0.0543 e. The van der Waals surface area contributed by atoms with Crippen LogP contribution >= 0.6 is 0 Å². The Morgan fingerprint density at radius 2 is 2.40 bits per heavy atom. The minimum atomic E-state index is 0.107. The molecule has 1 unspecified atom stereocenters. The first-order chi connectivity index (χ1) is 4.84. The van der Waals surface area contributed by atoms with Crippen LogP contribution < -0.4 is 5.73 Å². The minimum Gasteiger partial charge on any atom is -0.324 e. The van der Waals surface area contributed by atoms with Gasteiger partial charge in [0.15, 0.2) is 0 Å². The zero-order chi connectivity index (χ0) is 7.40. The summed E-state index contributed by atoms with van der Waals surface area (Å²) in [5, 5.41) is 7.38. The maximum Gasteiger partial charge on any atom is 0.0543 e. The average Bonchev–Trinajstić information content (AvgIpc) is 2.05. The van der Waals surface area contributed by atoms with Crippen molar-refractivity contribution in [2.75, 3.05) is 0 Å². The van der Waals surface area contributed by atoms with Crippen LogP contribution in [0.1, 0.15) is 24.9 Å². The van der Waals surface area contributed by atoms with Gasteiger partial charge in [0.25, 0.3) is 0 Å². The van der Waals surface area contributed by atoms with Crippen LogP contribution in [0.2, 0.25) is 0 Å². The monoisotopic (exact) mass is 137 g/mol. The number of hydrogen-bond donors (Lipinski definition) is 1. The number of hydrogen-bond acceptors (Lipinski definition) is 3. The molecule has 0 spiro atoms. The quantitative estimate of drug-likeness (QED) is 0.658. The molecule has 1 heterocycles. The largest absolute Gasteiger partial charge is 0.324 e. The van der Waals surface area contributed by atoms with Crippen molar-refractivity contribution in [3.8, 4) is 0 Å². The van der Waals surface area contributed by atoms with E-state index in [9.17, 15) is 0 Å². The maximum atomic E-state index is 5.73. The third kappa shape index (κ3) is 1.51. The average molecular weight is 137 g/mol. The van der Waals surface area contributed by atoms with Crippen LogP contribution in [0, 0.1) is 0 Å². The molecule has 1 rings (SSSR count). The van der Waals surface area contributed by atoms with Crippen LogP contribution in [0.15, 0.2) is 18.5 Å². The topological polar surface area (TPSA) is 51.8 Å². The molecule has 0 radical (unpaired) electrons. The summed E-state index contributed by atoms with van der Waals surface area (Å²) in [5.74, 6) is 0. The molecule has 10 heavy (non-hydrogen) atoms. The highest BCUT2D eigenvalue weighted by Gasteiger charge is 2.00. The lowest BCUT2D eigenvalue weighted by atomic mass is 10.1. The second-order valence-electron chi connectivity index (χ2n) is 2.19. The first-order valence-electron chi connectivity index (χ1n) is 3.36. The number of rotatable bonds is 2. The molecule has 54 valence electrons. The summed E-state index contributed by atoms with van der Waals surface area (Å²) in [6.45, 7) is 2.05. The minimum absolute atomic E-state index is 0.107. The van der Waals surface area contributed by atoms with Crippen LogP contribution in [-0.2, 0) is 0 Å². The summed E-state index contributed by atoms with van der Waals surface area (Å²) in [4.78, 5) is 0. The fourth-order valence-corrected chi connectivity index (χ4v) is 0.756. The van der Waals surface area contributed by atoms with Crippen molar-refractivity contribution < 1.29 is 0 Å². The third-order valence-corrected chi connectivity index (χ3v) is 1.48. The number of aromatic nitrogens is 2. The normalized spacial score (nSPS) is 13.0. The Balaban J connectivity index is 2.75. The zero-order valence-corrected chi connectivity index (χ0v) is 5.99. The Kier molecular flexibility index (Phi) is 2.34. The van der Waals surface area contributed by atoms with Crippen molar-refractivity contribution in [1.82, 2.24) is 10.2 Å². The lowest BCUT2D eigenvalue weighted by Crippen LogP contribution is -2.08. The summed E-state index contributed by atoms with van der Waals surface area (Å²) in [6.07, 6.45) is 4.30. The fourth-order valence-electron chi connectivity index (χ4n) is 0.756. The van der Waals surface area contributed by atoms with E-state index in [0.717, 1.165) is 12.0 Å². The van der Waals surface area contributed by atoms with E-state index in [-0.39, 0.29) is 6.04 Å². The summed E-state index contributed by atoms with van der Waals surface area (Å²) >= 11 is 0. The van der Waals surface area contributed by atoms with Crippen molar-refractivity contribution in [3.63, 3.8) is 0 Å². The lowest BCUT2D eigenvalue weighted by Gasteiger charge is -2.05. The third-order valence-electron chi connectivity index (χ3n) is 1.48. The molecule has 0 fully saturated rings. The van der Waals surface area contributed by atoms with E-state index in [1.165, 1.54) is 0 Å². The highest BCUT2D eigenvalue weighted by atomic mass is 15.1. The van der Waals surface area contributed by atoms with Gasteiger partial charge in [-0.15, -0.1) is 0 Å². The number of nitrogens with two attached hydrogens (primary N) is 1. The fraction of sp³-hybridized carbons (Fsp3) is 0.429. The molecule has 3 heteroatoms. The van der Waals surface area contributed by atoms with Crippen molar-refractivity contribution in [1.29, 1.82) is 0 Å². The van der Waals surface area contributed by atoms with Gasteiger partial charge in [-0.05, 0) is 18.1 Å². The number of nitrogens with zero attached hydrogens (tertiary/aromatic N) is 2. The Labute approximate surface area is 60.3 Å². The van der Waals surface area contributed by atoms with Crippen LogP contribution in [0.4, 0.5) is 0 Å². The van der Waals surface area contributed by atoms with E-state index >= 15 is 0 Å². The van der Waals surface area contributed by atoms with Gasteiger partial charge >= 0.3 is 0 Å². The first kappa shape index (κ1) is 7.15. The van der Waals surface area contributed by atoms with Crippen molar-refractivity contribution in [2.45, 2.75) is 19.4 Å². The van der Waals surface area contributed by atoms with Gasteiger partial charge in [-0.3, -0.25) is 0 Å². The summed E-state index contributed by atoms with van der Waals surface area (Å²) in [5.41, 5.74) is 6.78. The molecule has 0 aliphatic rings. The molecule has 1 aromatic heterocycles. The van der Waals surface area contributed by atoms with Crippen molar-refractivity contribution in [3.05, 3.63) is 24.0 Å². The zero-order valence-electron chi connectivity index (χ0n) is 5.99. The predicted octanol–water partition coefficient (Wildman–Crippen LogP) is 0.886. The van der Waals surface area contributed by atoms with Gasteiger partial charge in [-0.2, -0.15) is 10.2 Å². The van der Waals surface area contributed by atoms with Gasteiger partial charge in [-0.1, -0.05) is 6.92 Å². The molecular weight excluding hydrogens is 126 g/mol. The van der Waals surface area contributed by atoms with Gasteiger partial charge in [-0.25, -0.2) is 0 Å². The molecule has 0 saturated heterocycles. The van der Waals surface area contributed by atoms with E-state index in [1.807, 2.05) is 13.0 Å². The van der Waals surface area contributed by atoms with Crippen LogP contribution in [0.25, 0.3) is 0 Å². The van der Waals surface area contributed by atoms with Crippen LogP contribution in [0.3, 0.4) is 0 Å². The maximum absolute atomic E-state index is 5.73. The predicted molar refractivity (Wildman–Crippen MR) is 39.3 cm³/mol. The second-order valence-corrected chi connectivity index (χ2v) is 2.19. The molecule has 3 nitrogen and oxygen atoms in total. The van der Waals surface area contributed by atoms with Gasteiger partial charge in [0.05, 0.1) is 6.20 Å². The summed E-state index contributed by atoms with van der Waals surface area (Å²) in [6, 6.07) is 2.00. The summed E-state index contributed by atoms with van der Waals surface area (Å²) < 4.78 is 0. The second kappa shape index (κ2) is 3.27. The highest BCUT2D eigenvalue weighted by Crippen LogP contribution is 2.09. The van der Waals surface area contributed by atoms with Crippen LogP contribution in [0.5, 0.6) is 0 Å². The molecule has 0 saturated carbocycles. The van der Waals surface area contributed by atoms with Gasteiger partial charge in [0.1, 0.15) is 0 Å². The highest BCUT2D eigenvalue weighted by molar-refractivity contribution is 5.09. The van der Waals surface area contributed by atoms with Crippen molar-refractivity contribution >= 4 is 0 Å².